The van der Waals surface area contributed by atoms with E-state index in [1.807, 2.05) is 30.3 Å². The predicted molar refractivity (Wildman–Crippen MR) is 77.6 cm³/mol. The molecular weight excluding hydrogens is 252 g/mol. The Balaban J connectivity index is 2.11. The van der Waals surface area contributed by atoms with E-state index in [4.69, 9.17) is 9.47 Å². The fourth-order valence-corrected chi connectivity index (χ4v) is 2.61. The fourth-order valence-electron chi connectivity index (χ4n) is 2.61. The first kappa shape index (κ1) is 12.7. The minimum atomic E-state index is 0.554. The molecule has 20 heavy (non-hydrogen) atoms. The van der Waals surface area contributed by atoms with E-state index in [1.54, 1.807) is 7.11 Å². The van der Waals surface area contributed by atoms with Crippen LogP contribution in [0.4, 0.5) is 0 Å². The zero-order valence-electron chi connectivity index (χ0n) is 11.4. The summed E-state index contributed by atoms with van der Waals surface area (Å²) in [5, 5.41) is 0. The molecule has 1 heterocycles. The first-order valence-electron chi connectivity index (χ1n) is 6.72. The smallest absolute Gasteiger partial charge is 0.153 e. The lowest BCUT2D eigenvalue weighted by Gasteiger charge is -2.20. The topological polar surface area (TPSA) is 35.5 Å². The molecule has 3 rings (SSSR count). The van der Waals surface area contributed by atoms with Gasteiger partial charge in [0.25, 0.3) is 0 Å². The van der Waals surface area contributed by atoms with Crippen molar-refractivity contribution in [2.75, 3.05) is 13.7 Å². The lowest BCUT2D eigenvalue weighted by Crippen LogP contribution is -2.09. The van der Waals surface area contributed by atoms with Gasteiger partial charge >= 0.3 is 0 Å². The molecule has 0 saturated carbocycles. The highest BCUT2D eigenvalue weighted by atomic mass is 16.5. The van der Waals surface area contributed by atoms with Crippen molar-refractivity contribution in [3.8, 4) is 22.6 Å². The van der Waals surface area contributed by atoms with Crippen molar-refractivity contribution in [2.45, 2.75) is 12.8 Å². The van der Waals surface area contributed by atoms with Crippen LogP contribution >= 0.6 is 0 Å². The van der Waals surface area contributed by atoms with Crippen molar-refractivity contribution in [3.05, 3.63) is 47.5 Å². The number of ether oxygens (including phenoxy) is 2. The number of rotatable bonds is 3. The van der Waals surface area contributed by atoms with Crippen LogP contribution in [0.15, 0.2) is 36.4 Å². The molecule has 0 bridgehead atoms. The SMILES string of the molecule is COc1ccc(-c2cccc3c2OCCC3)cc1C=O. The maximum absolute atomic E-state index is 11.1. The van der Waals surface area contributed by atoms with E-state index >= 15 is 0 Å². The van der Waals surface area contributed by atoms with Crippen LogP contribution < -0.4 is 9.47 Å². The summed E-state index contributed by atoms with van der Waals surface area (Å²) in [7, 11) is 1.56. The van der Waals surface area contributed by atoms with Gasteiger partial charge in [0, 0.05) is 5.56 Å². The van der Waals surface area contributed by atoms with Crippen LogP contribution in [0.1, 0.15) is 22.3 Å². The maximum Gasteiger partial charge on any atom is 0.153 e. The van der Waals surface area contributed by atoms with Gasteiger partial charge in [-0.2, -0.15) is 0 Å². The van der Waals surface area contributed by atoms with Gasteiger partial charge in [-0.1, -0.05) is 24.3 Å². The standard InChI is InChI=1S/C17H16O3/c1-19-16-8-7-13(10-14(16)11-18)15-6-2-4-12-5-3-9-20-17(12)15/h2,4,6-8,10-11H,3,5,9H2,1H3. The molecule has 1 aliphatic rings. The van der Waals surface area contributed by atoms with E-state index in [2.05, 4.69) is 6.07 Å². The van der Waals surface area contributed by atoms with Gasteiger partial charge in [0.15, 0.2) is 6.29 Å². The quantitative estimate of drug-likeness (QED) is 0.799. The Hall–Kier alpha value is -2.29. The van der Waals surface area contributed by atoms with E-state index in [0.29, 0.717) is 11.3 Å². The Bertz CT molecular complexity index is 647. The summed E-state index contributed by atoms with van der Waals surface area (Å²) >= 11 is 0. The van der Waals surface area contributed by atoms with Crippen molar-refractivity contribution in [1.82, 2.24) is 0 Å². The summed E-state index contributed by atoms with van der Waals surface area (Å²) in [5.74, 6) is 1.54. The largest absolute Gasteiger partial charge is 0.496 e. The molecule has 0 amide bonds. The first-order valence-corrected chi connectivity index (χ1v) is 6.72. The molecular formula is C17H16O3. The highest BCUT2D eigenvalue weighted by molar-refractivity contribution is 5.84. The van der Waals surface area contributed by atoms with Gasteiger partial charge in [-0.05, 0) is 36.1 Å². The van der Waals surface area contributed by atoms with Gasteiger partial charge in [-0.3, -0.25) is 4.79 Å². The third-order valence-corrected chi connectivity index (χ3v) is 3.60. The van der Waals surface area contributed by atoms with Crippen molar-refractivity contribution < 1.29 is 14.3 Å². The van der Waals surface area contributed by atoms with Gasteiger partial charge < -0.3 is 9.47 Å². The normalized spacial score (nSPS) is 13.2. The van der Waals surface area contributed by atoms with Crippen LogP contribution in [-0.2, 0) is 6.42 Å². The number of fused-ring (bicyclic) bond motifs is 1. The molecule has 0 saturated heterocycles. The molecule has 3 nitrogen and oxygen atoms in total. The Morgan fingerprint density at radius 3 is 2.95 bits per heavy atom. The molecule has 0 fully saturated rings. The van der Waals surface area contributed by atoms with Crippen molar-refractivity contribution >= 4 is 6.29 Å². The number of carbonyl (C=O) groups excluding carboxylic acids is 1. The molecule has 0 radical (unpaired) electrons. The summed E-state index contributed by atoms with van der Waals surface area (Å²) in [5.41, 5.74) is 3.80. The maximum atomic E-state index is 11.1. The van der Waals surface area contributed by atoms with Crippen LogP contribution in [0.3, 0.4) is 0 Å². The summed E-state index contributed by atoms with van der Waals surface area (Å²) in [4.78, 5) is 11.1. The third kappa shape index (κ3) is 2.16. The van der Waals surface area contributed by atoms with Crippen molar-refractivity contribution in [3.63, 3.8) is 0 Å². The van der Waals surface area contributed by atoms with Crippen molar-refractivity contribution in [1.29, 1.82) is 0 Å². The molecule has 3 heteroatoms. The first-order chi connectivity index (χ1) is 9.83. The molecule has 0 unspecified atom stereocenters. The van der Waals surface area contributed by atoms with E-state index in [9.17, 15) is 4.79 Å². The lowest BCUT2D eigenvalue weighted by molar-refractivity contribution is 0.112. The molecule has 0 spiro atoms. The Labute approximate surface area is 118 Å². The minimum absolute atomic E-state index is 0.554. The zero-order chi connectivity index (χ0) is 13.9. The fraction of sp³-hybridized carbons (Fsp3) is 0.235. The number of carbonyl (C=O) groups is 1. The minimum Gasteiger partial charge on any atom is -0.496 e. The van der Waals surface area contributed by atoms with Crippen LogP contribution in [-0.4, -0.2) is 20.0 Å². The van der Waals surface area contributed by atoms with Crippen LogP contribution in [0.25, 0.3) is 11.1 Å². The molecule has 2 aromatic carbocycles. The number of hydrogen-bond donors (Lipinski definition) is 0. The van der Waals surface area contributed by atoms with Gasteiger partial charge in [0.1, 0.15) is 11.5 Å². The van der Waals surface area contributed by atoms with E-state index in [1.165, 1.54) is 5.56 Å². The van der Waals surface area contributed by atoms with Crippen LogP contribution in [0.5, 0.6) is 11.5 Å². The molecule has 102 valence electrons. The van der Waals surface area contributed by atoms with E-state index < -0.39 is 0 Å². The summed E-state index contributed by atoms with van der Waals surface area (Å²) in [6, 6.07) is 11.8. The second-order valence-electron chi connectivity index (χ2n) is 4.82. The average molecular weight is 268 g/mol. The predicted octanol–water partition coefficient (Wildman–Crippen LogP) is 3.50. The lowest BCUT2D eigenvalue weighted by atomic mass is 9.96. The van der Waals surface area contributed by atoms with Gasteiger partial charge in [-0.15, -0.1) is 0 Å². The molecule has 0 N–H and O–H groups in total. The summed E-state index contributed by atoms with van der Waals surface area (Å²) < 4.78 is 11.0. The Morgan fingerprint density at radius 1 is 1.25 bits per heavy atom. The number of hydrogen-bond acceptors (Lipinski definition) is 3. The number of methoxy groups -OCH3 is 1. The number of benzene rings is 2. The van der Waals surface area contributed by atoms with Gasteiger partial charge in [0.2, 0.25) is 0 Å². The second kappa shape index (κ2) is 5.37. The Kier molecular flexibility index (Phi) is 3.42. The van der Waals surface area contributed by atoms with E-state index in [-0.39, 0.29) is 0 Å². The Morgan fingerprint density at radius 2 is 2.15 bits per heavy atom. The van der Waals surface area contributed by atoms with E-state index in [0.717, 1.165) is 42.6 Å². The zero-order valence-corrected chi connectivity index (χ0v) is 11.4. The summed E-state index contributed by atoms with van der Waals surface area (Å²) in [6.07, 6.45) is 2.91. The van der Waals surface area contributed by atoms with Gasteiger partial charge in [-0.25, -0.2) is 0 Å². The summed E-state index contributed by atoms with van der Waals surface area (Å²) in [6.45, 7) is 0.751. The van der Waals surface area contributed by atoms with Gasteiger partial charge in [0.05, 0.1) is 19.3 Å². The second-order valence-corrected chi connectivity index (χ2v) is 4.82. The molecule has 2 aromatic rings. The molecule has 0 atom stereocenters. The highest BCUT2D eigenvalue weighted by Crippen LogP contribution is 2.37. The number of aldehydes is 1. The monoisotopic (exact) mass is 268 g/mol. The molecule has 0 aliphatic carbocycles. The van der Waals surface area contributed by atoms with Crippen LogP contribution in [0, 0.1) is 0 Å². The molecule has 1 aliphatic heterocycles. The van der Waals surface area contributed by atoms with Crippen molar-refractivity contribution in [2.24, 2.45) is 0 Å². The average Bonchev–Trinajstić information content (AvgIpc) is 2.53. The third-order valence-electron chi connectivity index (χ3n) is 3.60. The highest BCUT2D eigenvalue weighted by Gasteiger charge is 2.16. The number of para-hydroxylation sites is 1. The van der Waals surface area contributed by atoms with Crippen LogP contribution in [0.2, 0.25) is 0 Å². The molecule has 0 aromatic heterocycles. The number of aryl methyl sites for hydroxylation is 1.